The van der Waals surface area contributed by atoms with Gasteiger partial charge in [0, 0.05) is 20.3 Å². The second-order valence-electron chi connectivity index (χ2n) is 5.33. The van der Waals surface area contributed by atoms with Crippen molar-refractivity contribution in [3.05, 3.63) is 0 Å². The van der Waals surface area contributed by atoms with E-state index < -0.39 is 0 Å². The Morgan fingerprint density at radius 1 is 1.39 bits per heavy atom. The molecule has 1 heterocycles. The summed E-state index contributed by atoms with van der Waals surface area (Å²) in [5, 5.41) is 3.50. The number of hydrogen-bond acceptors (Lipinski definition) is 3. The van der Waals surface area contributed by atoms with Crippen LogP contribution in [-0.2, 0) is 9.53 Å². The van der Waals surface area contributed by atoms with Crippen molar-refractivity contribution < 1.29 is 9.53 Å². The van der Waals surface area contributed by atoms with Gasteiger partial charge in [-0.3, -0.25) is 10.1 Å². The van der Waals surface area contributed by atoms with Crippen LogP contribution in [0.4, 0.5) is 0 Å². The molecule has 4 nitrogen and oxygen atoms in total. The number of ether oxygens (including phenoxy) is 1. The number of nitrogens with one attached hydrogen (secondary N) is 1. The summed E-state index contributed by atoms with van der Waals surface area (Å²) in [7, 11) is 1.72. The predicted molar refractivity (Wildman–Crippen MR) is 73.4 cm³/mol. The fourth-order valence-corrected chi connectivity index (χ4v) is 2.51. The lowest BCUT2D eigenvalue weighted by Gasteiger charge is -2.23. The van der Waals surface area contributed by atoms with Crippen LogP contribution in [0.1, 0.15) is 52.9 Å². The van der Waals surface area contributed by atoms with E-state index >= 15 is 0 Å². The zero-order chi connectivity index (χ0) is 13.6. The fraction of sp³-hybridized carbons (Fsp3) is 0.929. The van der Waals surface area contributed by atoms with Crippen molar-refractivity contribution in [2.75, 3.05) is 20.3 Å². The van der Waals surface area contributed by atoms with E-state index in [0.29, 0.717) is 0 Å². The molecule has 0 saturated carbocycles. The van der Waals surface area contributed by atoms with Crippen LogP contribution >= 0.6 is 0 Å². The quantitative estimate of drug-likeness (QED) is 0.677. The first-order chi connectivity index (χ1) is 8.59. The molecule has 0 aromatic rings. The zero-order valence-electron chi connectivity index (χ0n) is 12.3. The van der Waals surface area contributed by atoms with Gasteiger partial charge in [-0.2, -0.15) is 0 Å². The standard InChI is InChI=1S/C14H28N2O2/c1-5-9-12-15-14(3,6-2)13(17)16(12)10-7-8-11-18-4/h12,15H,5-11H2,1-4H3. The second-order valence-corrected chi connectivity index (χ2v) is 5.33. The molecule has 1 rings (SSSR count). The van der Waals surface area contributed by atoms with Crippen molar-refractivity contribution in [3.63, 3.8) is 0 Å². The van der Waals surface area contributed by atoms with Gasteiger partial charge < -0.3 is 9.64 Å². The SMILES string of the molecule is CCCC1NC(C)(CC)C(=O)N1CCCCOC. The molecule has 1 saturated heterocycles. The predicted octanol–water partition coefficient (Wildman–Crippen LogP) is 2.14. The summed E-state index contributed by atoms with van der Waals surface area (Å²) in [6, 6.07) is 0. The van der Waals surface area contributed by atoms with Crippen molar-refractivity contribution in [2.45, 2.75) is 64.6 Å². The lowest BCUT2D eigenvalue weighted by Crippen LogP contribution is -2.43. The van der Waals surface area contributed by atoms with E-state index in [-0.39, 0.29) is 17.6 Å². The van der Waals surface area contributed by atoms with E-state index in [1.807, 2.05) is 11.8 Å². The number of carbonyl (C=O) groups is 1. The summed E-state index contributed by atoms with van der Waals surface area (Å²) in [6.07, 6.45) is 5.23. The van der Waals surface area contributed by atoms with Gasteiger partial charge in [-0.1, -0.05) is 20.3 Å². The van der Waals surface area contributed by atoms with Crippen LogP contribution in [0.5, 0.6) is 0 Å². The third-order valence-corrected chi connectivity index (χ3v) is 3.86. The minimum Gasteiger partial charge on any atom is -0.385 e. The Morgan fingerprint density at radius 2 is 2.11 bits per heavy atom. The maximum Gasteiger partial charge on any atom is 0.243 e. The van der Waals surface area contributed by atoms with Crippen molar-refractivity contribution >= 4 is 5.91 Å². The van der Waals surface area contributed by atoms with Gasteiger partial charge in [0.15, 0.2) is 0 Å². The van der Waals surface area contributed by atoms with Gasteiger partial charge in [0.05, 0.1) is 11.7 Å². The molecular formula is C14H28N2O2. The first kappa shape index (κ1) is 15.4. The minimum absolute atomic E-state index is 0.218. The van der Waals surface area contributed by atoms with Crippen LogP contribution in [0, 0.1) is 0 Å². The molecule has 18 heavy (non-hydrogen) atoms. The largest absolute Gasteiger partial charge is 0.385 e. The fourth-order valence-electron chi connectivity index (χ4n) is 2.51. The van der Waals surface area contributed by atoms with Gasteiger partial charge in [0.2, 0.25) is 5.91 Å². The van der Waals surface area contributed by atoms with Crippen LogP contribution in [-0.4, -0.2) is 42.8 Å². The number of amides is 1. The average Bonchev–Trinajstić information content (AvgIpc) is 2.60. The molecule has 106 valence electrons. The highest BCUT2D eigenvalue weighted by molar-refractivity contribution is 5.88. The molecule has 0 spiro atoms. The molecule has 0 bridgehead atoms. The summed E-state index contributed by atoms with van der Waals surface area (Å²) in [6.45, 7) is 7.88. The maximum atomic E-state index is 12.4. The molecule has 1 N–H and O–H groups in total. The molecule has 1 fully saturated rings. The van der Waals surface area contributed by atoms with Crippen molar-refractivity contribution in [2.24, 2.45) is 0 Å². The number of unbranched alkanes of at least 4 members (excludes halogenated alkanes) is 1. The average molecular weight is 256 g/mol. The van der Waals surface area contributed by atoms with Gasteiger partial charge in [0.1, 0.15) is 0 Å². The van der Waals surface area contributed by atoms with Crippen molar-refractivity contribution in [1.82, 2.24) is 10.2 Å². The topological polar surface area (TPSA) is 41.6 Å². The van der Waals surface area contributed by atoms with E-state index in [1.165, 1.54) is 0 Å². The smallest absolute Gasteiger partial charge is 0.243 e. The Labute approximate surface area is 111 Å². The Hall–Kier alpha value is -0.610. The van der Waals surface area contributed by atoms with Gasteiger partial charge >= 0.3 is 0 Å². The Bertz CT molecular complexity index is 271. The second kappa shape index (κ2) is 7.10. The van der Waals surface area contributed by atoms with Crippen LogP contribution in [0.25, 0.3) is 0 Å². The van der Waals surface area contributed by atoms with Crippen LogP contribution in [0.15, 0.2) is 0 Å². The van der Waals surface area contributed by atoms with E-state index in [1.54, 1.807) is 7.11 Å². The van der Waals surface area contributed by atoms with E-state index in [2.05, 4.69) is 19.2 Å². The summed E-state index contributed by atoms with van der Waals surface area (Å²) in [4.78, 5) is 14.5. The van der Waals surface area contributed by atoms with Gasteiger partial charge in [-0.05, 0) is 32.6 Å². The molecule has 1 aliphatic heterocycles. The normalized spacial score (nSPS) is 28.1. The summed E-state index contributed by atoms with van der Waals surface area (Å²) in [5.41, 5.74) is -0.360. The summed E-state index contributed by atoms with van der Waals surface area (Å²) in [5.74, 6) is 0.265. The van der Waals surface area contributed by atoms with Gasteiger partial charge in [-0.25, -0.2) is 0 Å². The van der Waals surface area contributed by atoms with E-state index in [9.17, 15) is 4.79 Å². The highest BCUT2D eigenvalue weighted by Crippen LogP contribution is 2.25. The molecular weight excluding hydrogens is 228 g/mol. The first-order valence-electron chi connectivity index (χ1n) is 7.16. The molecule has 1 aliphatic rings. The number of nitrogens with zero attached hydrogens (tertiary/aromatic N) is 1. The van der Waals surface area contributed by atoms with Gasteiger partial charge in [-0.15, -0.1) is 0 Å². The lowest BCUT2D eigenvalue weighted by molar-refractivity contribution is -0.133. The van der Waals surface area contributed by atoms with E-state index in [0.717, 1.165) is 45.3 Å². The molecule has 0 aliphatic carbocycles. The highest BCUT2D eigenvalue weighted by atomic mass is 16.5. The third-order valence-electron chi connectivity index (χ3n) is 3.86. The molecule has 1 amide bonds. The van der Waals surface area contributed by atoms with Gasteiger partial charge in [0.25, 0.3) is 0 Å². The molecule has 0 aromatic carbocycles. The van der Waals surface area contributed by atoms with Crippen LogP contribution in [0.2, 0.25) is 0 Å². The molecule has 0 aromatic heterocycles. The van der Waals surface area contributed by atoms with Crippen molar-refractivity contribution in [1.29, 1.82) is 0 Å². The maximum absolute atomic E-state index is 12.4. The first-order valence-corrected chi connectivity index (χ1v) is 7.16. The highest BCUT2D eigenvalue weighted by Gasteiger charge is 2.45. The van der Waals surface area contributed by atoms with Crippen LogP contribution in [0.3, 0.4) is 0 Å². The number of carbonyl (C=O) groups excluding carboxylic acids is 1. The van der Waals surface area contributed by atoms with Crippen molar-refractivity contribution in [3.8, 4) is 0 Å². The lowest BCUT2D eigenvalue weighted by atomic mass is 9.99. The summed E-state index contributed by atoms with van der Waals surface area (Å²) >= 11 is 0. The number of methoxy groups -OCH3 is 1. The Balaban J connectivity index is 2.57. The molecule has 2 unspecified atom stereocenters. The molecule has 2 atom stereocenters. The zero-order valence-corrected chi connectivity index (χ0v) is 12.3. The van der Waals surface area contributed by atoms with Crippen LogP contribution < -0.4 is 5.32 Å². The Kier molecular flexibility index (Phi) is 6.09. The summed E-state index contributed by atoms with van der Waals surface area (Å²) < 4.78 is 5.05. The Morgan fingerprint density at radius 3 is 2.67 bits per heavy atom. The number of rotatable bonds is 8. The molecule has 0 radical (unpaired) electrons. The molecule has 4 heteroatoms. The third kappa shape index (κ3) is 3.45. The number of hydrogen-bond donors (Lipinski definition) is 1. The van der Waals surface area contributed by atoms with E-state index in [4.69, 9.17) is 4.74 Å². The monoisotopic (exact) mass is 256 g/mol. The minimum atomic E-state index is -0.360.